The van der Waals surface area contributed by atoms with Crippen LogP contribution in [0.1, 0.15) is 16.1 Å². The molecule has 0 unspecified atom stereocenters. The Morgan fingerprint density at radius 3 is 2.76 bits per heavy atom. The van der Waals surface area contributed by atoms with Gasteiger partial charge in [0.05, 0.1) is 7.11 Å². The van der Waals surface area contributed by atoms with Crippen LogP contribution in [0.4, 0.5) is 0 Å². The molecular formula is C17H15NO3. The fourth-order valence-corrected chi connectivity index (χ4v) is 2.17. The molecule has 0 spiro atoms. The summed E-state index contributed by atoms with van der Waals surface area (Å²) in [6.45, 7) is 0.214. The van der Waals surface area contributed by atoms with Gasteiger partial charge < -0.3 is 14.5 Å². The van der Waals surface area contributed by atoms with Crippen LogP contribution in [0.3, 0.4) is 0 Å². The number of aromatic amines is 1. The number of benzene rings is 2. The highest BCUT2D eigenvalue weighted by Gasteiger charge is 2.11. The second-order valence-corrected chi connectivity index (χ2v) is 4.70. The fraction of sp³-hybridized carbons (Fsp3) is 0.118. The predicted molar refractivity (Wildman–Crippen MR) is 80.4 cm³/mol. The van der Waals surface area contributed by atoms with Crippen LogP contribution >= 0.6 is 0 Å². The predicted octanol–water partition coefficient (Wildman–Crippen LogP) is 3.53. The largest absolute Gasteiger partial charge is 0.497 e. The lowest BCUT2D eigenvalue weighted by molar-refractivity contribution is 0.0466. The number of rotatable bonds is 4. The Labute approximate surface area is 122 Å². The first-order chi connectivity index (χ1) is 10.3. The van der Waals surface area contributed by atoms with Crippen LogP contribution in [0, 0.1) is 0 Å². The summed E-state index contributed by atoms with van der Waals surface area (Å²) in [5, 5.41) is 0.992. The van der Waals surface area contributed by atoms with Gasteiger partial charge in [-0.3, -0.25) is 0 Å². The van der Waals surface area contributed by atoms with Gasteiger partial charge in [-0.15, -0.1) is 0 Å². The maximum absolute atomic E-state index is 12.1. The number of hydrogen-bond acceptors (Lipinski definition) is 3. The summed E-state index contributed by atoms with van der Waals surface area (Å²) in [5.41, 5.74) is 2.27. The fourth-order valence-electron chi connectivity index (χ4n) is 2.17. The number of para-hydroxylation sites is 1. The van der Waals surface area contributed by atoms with Crippen LogP contribution in [-0.2, 0) is 11.3 Å². The minimum absolute atomic E-state index is 0.214. The Morgan fingerprint density at radius 1 is 1.10 bits per heavy atom. The number of esters is 1. The van der Waals surface area contributed by atoms with Gasteiger partial charge in [0.15, 0.2) is 0 Å². The third kappa shape index (κ3) is 2.89. The molecule has 2 aromatic carbocycles. The number of ether oxygens (including phenoxy) is 2. The maximum atomic E-state index is 12.1. The Bertz CT molecular complexity index is 743. The van der Waals surface area contributed by atoms with Crippen molar-refractivity contribution in [3.05, 3.63) is 65.9 Å². The van der Waals surface area contributed by atoms with Crippen LogP contribution in [-0.4, -0.2) is 18.1 Å². The minimum Gasteiger partial charge on any atom is -0.497 e. The van der Waals surface area contributed by atoms with Crippen molar-refractivity contribution in [2.75, 3.05) is 7.11 Å². The van der Waals surface area contributed by atoms with E-state index in [-0.39, 0.29) is 12.6 Å². The van der Waals surface area contributed by atoms with Gasteiger partial charge in [0.1, 0.15) is 18.1 Å². The van der Waals surface area contributed by atoms with Gasteiger partial charge in [-0.05, 0) is 29.8 Å². The van der Waals surface area contributed by atoms with E-state index in [1.807, 2.05) is 48.5 Å². The van der Waals surface area contributed by atoms with Crippen molar-refractivity contribution in [2.24, 2.45) is 0 Å². The minimum atomic E-state index is -0.367. The molecule has 4 heteroatoms. The number of H-pyrrole nitrogens is 1. The van der Waals surface area contributed by atoms with Crippen LogP contribution in [0.2, 0.25) is 0 Å². The Hall–Kier alpha value is -2.75. The Morgan fingerprint density at radius 2 is 1.95 bits per heavy atom. The Balaban J connectivity index is 1.71. The SMILES string of the molecule is COc1cccc(COC(=O)c2cc3ccccc3[nH]2)c1. The van der Waals surface area contributed by atoms with Crippen LogP contribution in [0.25, 0.3) is 10.9 Å². The van der Waals surface area contributed by atoms with Gasteiger partial charge in [-0.2, -0.15) is 0 Å². The van der Waals surface area contributed by atoms with Crippen molar-refractivity contribution in [1.82, 2.24) is 4.98 Å². The van der Waals surface area contributed by atoms with Gasteiger partial charge in [-0.1, -0.05) is 30.3 Å². The third-order valence-corrected chi connectivity index (χ3v) is 3.25. The molecule has 0 aliphatic heterocycles. The molecule has 0 radical (unpaired) electrons. The summed E-state index contributed by atoms with van der Waals surface area (Å²) < 4.78 is 10.5. The van der Waals surface area contributed by atoms with E-state index >= 15 is 0 Å². The van der Waals surface area contributed by atoms with Crippen molar-refractivity contribution in [3.63, 3.8) is 0 Å². The van der Waals surface area contributed by atoms with Crippen LogP contribution in [0.5, 0.6) is 5.75 Å². The summed E-state index contributed by atoms with van der Waals surface area (Å²) >= 11 is 0. The maximum Gasteiger partial charge on any atom is 0.355 e. The van der Waals surface area contributed by atoms with Gasteiger partial charge in [-0.25, -0.2) is 4.79 Å². The van der Waals surface area contributed by atoms with Crippen molar-refractivity contribution >= 4 is 16.9 Å². The molecule has 3 aromatic rings. The first kappa shape index (κ1) is 13.2. The van der Waals surface area contributed by atoms with E-state index < -0.39 is 0 Å². The lowest BCUT2D eigenvalue weighted by Gasteiger charge is -2.05. The molecule has 4 nitrogen and oxygen atoms in total. The monoisotopic (exact) mass is 281 g/mol. The number of methoxy groups -OCH3 is 1. The second kappa shape index (κ2) is 5.71. The zero-order valence-electron chi connectivity index (χ0n) is 11.6. The van der Waals surface area contributed by atoms with Gasteiger partial charge >= 0.3 is 5.97 Å². The molecule has 0 fully saturated rings. The highest BCUT2D eigenvalue weighted by molar-refractivity contribution is 5.94. The van der Waals surface area contributed by atoms with E-state index in [9.17, 15) is 4.79 Å². The van der Waals surface area contributed by atoms with Gasteiger partial charge in [0, 0.05) is 10.9 Å². The smallest absolute Gasteiger partial charge is 0.355 e. The molecule has 0 atom stereocenters. The molecule has 0 bridgehead atoms. The first-order valence-electron chi connectivity index (χ1n) is 6.64. The Kier molecular flexibility index (Phi) is 3.60. The second-order valence-electron chi connectivity index (χ2n) is 4.70. The molecule has 0 aliphatic rings. The van der Waals surface area contributed by atoms with Gasteiger partial charge in [0.2, 0.25) is 0 Å². The molecule has 1 aromatic heterocycles. The summed E-state index contributed by atoms with van der Waals surface area (Å²) in [6.07, 6.45) is 0. The highest BCUT2D eigenvalue weighted by atomic mass is 16.5. The van der Waals surface area contributed by atoms with Crippen LogP contribution in [0.15, 0.2) is 54.6 Å². The van der Waals surface area contributed by atoms with Crippen molar-refractivity contribution < 1.29 is 14.3 Å². The number of hydrogen-bond donors (Lipinski definition) is 1. The van der Waals surface area contributed by atoms with Crippen LogP contribution < -0.4 is 4.74 Å². The molecule has 0 saturated heterocycles. The van der Waals surface area contributed by atoms with Gasteiger partial charge in [0.25, 0.3) is 0 Å². The summed E-state index contributed by atoms with van der Waals surface area (Å²) in [7, 11) is 1.61. The summed E-state index contributed by atoms with van der Waals surface area (Å²) in [5.74, 6) is 0.378. The lowest BCUT2D eigenvalue weighted by atomic mass is 10.2. The lowest BCUT2D eigenvalue weighted by Crippen LogP contribution is -2.05. The zero-order valence-corrected chi connectivity index (χ0v) is 11.6. The summed E-state index contributed by atoms with van der Waals surface area (Å²) in [4.78, 5) is 15.1. The molecule has 106 valence electrons. The summed E-state index contributed by atoms with van der Waals surface area (Å²) in [6, 6.07) is 17.0. The quantitative estimate of drug-likeness (QED) is 0.744. The standard InChI is InChI=1S/C17H15NO3/c1-20-14-7-4-5-12(9-14)11-21-17(19)16-10-13-6-2-3-8-15(13)18-16/h2-10,18H,11H2,1H3. The normalized spacial score (nSPS) is 10.5. The van der Waals surface area contributed by atoms with Crippen molar-refractivity contribution in [2.45, 2.75) is 6.61 Å². The number of nitrogens with one attached hydrogen (secondary N) is 1. The first-order valence-corrected chi connectivity index (χ1v) is 6.64. The molecule has 21 heavy (non-hydrogen) atoms. The highest BCUT2D eigenvalue weighted by Crippen LogP contribution is 2.17. The van der Waals surface area contributed by atoms with E-state index in [1.165, 1.54) is 0 Å². The van der Waals surface area contributed by atoms with E-state index in [1.54, 1.807) is 13.2 Å². The number of fused-ring (bicyclic) bond motifs is 1. The van der Waals surface area contributed by atoms with Crippen molar-refractivity contribution in [3.8, 4) is 5.75 Å². The average Bonchev–Trinajstić information content (AvgIpc) is 2.97. The zero-order chi connectivity index (χ0) is 14.7. The average molecular weight is 281 g/mol. The van der Waals surface area contributed by atoms with Crippen molar-refractivity contribution in [1.29, 1.82) is 0 Å². The molecule has 1 N–H and O–H groups in total. The van der Waals surface area contributed by atoms with E-state index in [4.69, 9.17) is 9.47 Å². The number of aromatic nitrogens is 1. The molecule has 0 aliphatic carbocycles. The molecule has 1 heterocycles. The third-order valence-electron chi connectivity index (χ3n) is 3.25. The number of carbonyl (C=O) groups excluding carboxylic acids is 1. The molecule has 3 rings (SSSR count). The molecule has 0 saturated carbocycles. The van der Waals surface area contributed by atoms with E-state index in [0.717, 1.165) is 22.2 Å². The topological polar surface area (TPSA) is 51.3 Å². The molecular weight excluding hydrogens is 266 g/mol. The van der Waals surface area contributed by atoms with E-state index in [2.05, 4.69) is 4.98 Å². The molecule has 0 amide bonds. The van der Waals surface area contributed by atoms with E-state index in [0.29, 0.717) is 5.69 Å². The number of carbonyl (C=O) groups is 1.